The summed E-state index contributed by atoms with van der Waals surface area (Å²) in [4.78, 5) is 33.7. The molecule has 0 bridgehead atoms. The van der Waals surface area contributed by atoms with Crippen LogP contribution in [0.15, 0.2) is 49.6 Å². The quantitative estimate of drug-likeness (QED) is 0.307. The van der Waals surface area contributed by atoms with E-state index in [-0.39, 0.29) is 17.6 Å². The van der Waals surface area contributed by atoms with E-state index in [2.05, 4.69) is 46.9 Å². The number of carbonyl (C=O) groups is 1. The summed E-state index contributed by atoms with van der Waals surface area (Å²) in [5, 5.41) is 6.28. The van der Waals surface area contributed by atoms with Gasteiger partial charge in [0.15, 0.2) is 17.3 Å². The summed E-state index contributed by atoms with van der Waals surface area (Å²) in [5.74, 6) is 0.585. The minimum Gasteiger partial charge on any atom is -0.496 e. The Kier molecular flexibility index (Phi) is 6.64. The van der Waals surface area contributed by atoms with Gasteiger partial charge in [-0.25, -0.2) is 19.3 Å². The molecule has 11 nitrogen and oxygen atoms in total. The van der Waals surface area contributed by atoms with Gasteiger partial charge in [0, 0.05) is 43.5 Å². The van der Waals surface area contributed by atoms with E-state index >= 15 is 0 Å². The Morgan fingerprint density at radius 2 is 2.05 bits per heavy atom. The first-order valence-corrected chi connectivity index (χ1v) is 11.9. The third kappa shape index (κ3) is 4.61. The van der Waals surface area contributed by atoms with Gasteiger partial charge in [0.2, 0.25) is 11.9 Å². The van der Waals surface area contributed by atoms with E-state index in [1.54, 1.807) is 23.8 Å². The van der Waals surface area contributed by atoms with Crippen LogP contribution in [0.5, 0.6) is 5.75 Å². The van der Waals surface area contributed by atoms with Crippen molar-refractivity contribution in [2.75, 3.05) is 56.9 Å². The highest BCUT2D eigenvalue weighted by Crippen LogP contribution is 2.56. The normalized spacial score (nSPS) is 13.8. The van der Waals surface area contributed by atoms with Crippen molar-refractivity contribution in [3.8, 4) is 17.3 Å². The summed E-state index contributed by atoms with van der Waals surface area (Å²) in [6.07, 6.45) is 5.84. The number of anilines is 3. The molecule has 4 aromatic rings. The van der Waals surface area contributed by atoms with Gasteiger partial charge in [0.25, 0.3) is 0 Å². The minimum atomic E-state index is -0.438. The fourth-order valence-electron chi connectivity index (χ4n) is 4.34. The van der Waals surface area contributed by atoms with Crippen LogP contribution in [0.1, 0.15) is 17.2 Å². The first-order chi connectivity index (χ1) is 18.3. The van der Waals surface area contributed by atoms with E-state index in [1.165, 1.54) is 24.7 Å². The van der Waals surface area contributed by atoms with Crippen molar-refractivity contribution in [3.05, 3.63) is 66.5 Å². The zero-order chi connectivity index (χ0) is 27.0. The number of carbonyl (C=O) groups excluding carboxylic acids is 1. The number of ether oxygens (including phenoxy) is 1. The molecule has 0 saturated carbocycles. The molecule has 196 valence electrons. The number of amides is 1. The highest BCUT2D eigenvalue weighted by Gasteiger charge is 2.42. The number of methoxy groups -OCH3 is 1. The Balaban J connectivity index is 1.48. The van der Waals surface area contributed by atoms with Crippen LogP contribution in [0.3, 0.4) is 0 Å². The Morgan fingerprint density at radius 3 is 2.79 bits per heavy atom. The van der Waals surface area contributed by atoms with Gasteiger partial charge in [0.05, 0.1) is 30.7 Å². The number of halogens is 1. The predicted molar refractivity (Wildman–Crippen MR) is 143 cm³/mol. The molecule has 1 aromatic carbocycles. The number of nitrogens with zero attached hydrogens (tertiary/aromatic N) is 7. The first-order valence-electron chi connectivity index (χ1n) is 11.9. The maximum absolute atomic E-state index is 14.1. The topological polar surface area (TPSA) is 113 Å². The molecule has 1 aliphatic carbocycles. The number of hydrogen-bond acceptors (Lipinski definition) is 9. The number of nitrogens with one attached hydrogen (secondary N) is 2. The molecule has 3 heterocycles. The molecule has 1 unspecified atom stereocenters. The average Bonchev–Trinajstić information content (AvgIpc) is 3.43. The Labute approximate surface area is 219 Å². The average molecular weight is 518 g/mol. The minimum absolute atomic E-state index is 0.185. The van der Waals surface area contributed by atoms with Gasteiger partial charge in [0.1, 0.15) is 17.8 Å². The van der Waals surface area contributed by atoms with Crippen molar-refractivity contribution >= 4 is 28.9 Å². The van der Waals surface area contributed by atoms with Crippen molar-refractivity contribution in [1.29, 1.82) is 0 Å². The van der Waals surface area contributed by atoms with Gasteiger partial charge in [-0.05, 0) is 32.3 Å². The second kappa shape index (κ2) is 10.1. The van der Waals surface area contributed by atoms with Gasteiger partial charge < -0.3 is 25.2 Å². The van der Waals surface area contributed by atoms with Crippen molar-refractivity contribution < 1.29 is 13.9 Å². The smallest absolute Gasteiger partial charge is 0.247 e. The summed E-state index contributed by atoms with van der Waals surface area (Å²) in [7, 11) is 7.60. The molecule has 0 radical (unpaired) electrons. The summed E-state index contributed by atoms with van der Waals surface area (Å²) in [6.45, 7) is 5.15. The van der Waals surface area contributed by atoms with Crippen molar-refractivity contribution in [3.63, 3.8) is 0 Å². The molecule has 3 aromatic heterocycles. The molecule has 38 heavy (non-hydrogen) atoms. The molecule has 0 spiro atoms. The summed E-state index contributed by atoms with van der Waals surface area (Å²) in [6, 6.07) is 4.56. The van der Waals surface area contributed by atoms with Gasteiger partial charge in [-0.15, -0.1) is 0 Å². The summed E-state index contributed by atoms with van der Waals surface area (Å²) < 4.78 is 21.4. The molecule has 2 N–H and O–H groups in total. The van der Waals surface area contributed by atoms with E-state index in [0.29, 0.717) is 28.9 Å². The second-order valence-corrected chi connectivity index (χ2v) is 9.12. The zero-order valence-corrected chi connectivity index (χ0v) is 21.6. The standard InChI is InChI=1S/C26H28FN9O2/c1-6-19(37)31-22-16(35(4)11-10-34(2)3)12-18(38-5)20-21(22)23(20)32-26-30-14-29-24(33-26)17-13-28-25-15(27)8-7-9-36(17)25/h6-9,12-14,23H,1,10-11H2,2-5H3,(H,31,37)(H,29,30,32,33). The lowest BCUT2D eigenvalue weighted by Gasteiger charge is -2.24. The second-order valence-electron chi connectivity index (χ2n) is 9.12. The molecule has 1 aliphatic rings. The van der Waals surface area contributed by atoms with Crippen LogP contribution in [0, 0.1) is 5.82 Å². The molecule has 0 saturated heterocycles. The largest absolute Gasteiger partial charge is 0.496 e. The summed E-state index contributed by atoms with van der Waals surface area (Å²) >= 11 is 0. The van der Waals surface area contributed by atoms with E-state index in [1.807, 2.05) is 27.2 Å². The Bertz CT molecular complexity index is 1530. The van der Waals surface area contributed by atoms with Gasteiger partial charge in [-0.1, -0.05) is 6.58 Å². The number of aromatic nitrogens is 5. The molecule has 5 rings (SSSR count). The third-order valence-corrected chi connectivity index (χ3v) is 6.35. The van der Waals surface area contributed by atoms with Gasteiger partial charge >= 0.3 is 0 Å². The van der Waals surface area contributed by atoms with E-state index < -0.39 is 5.82 Å². The van der Waals surface area contributed by atoms with Crippen LogP contribution in [0.2, 0.25) is 0 Å². The Hall–Kier alpha value is -4.58. The number of pyridine rings is 1. The van der Waals surface area contributed by atoms with Crippen LogP contribution >= 0.6 is 0 Å². The molecular formula is C26H28FN9O2. The van der Waals surface area contributed by atoms with Crippen LogP contribution in [0.4, 0.5) is 21.7 Å². The number of fused-ring (bicyclic) bond motifs is 2. The number of imidazole rings is 1. The highest BCUT2D eigenvalue weighted by molar-refractivity contribution is 6.04. The van der Waals surface area contributed by atoms with Crippen LogP contribution in [-0.4, -0.2) is 76.5 Å². The molecular weight excluding hydrogens is 489 g/mol. The lowest BCUT2D eigenvalue weighted by atomic mass is 10.2. The number of hydrogen-bond donors (Lipinski definition) is 2. The SMILES string of the molecule is C=CC(=O)Nc1c(N(C)CCN(C)C)cc(OC)c2c1C2Nc1ncnc(-c2cnc3c(F)cccn23)n1. The fourth-order valence-corrected chi connectivity index (χ4v) is 4.34. The van der Waals surface area contributed by atoms with E-state index in [0.717, 1.165) is 29.9 Å². The predicted octanol–water partition coefficient (Wildman–Crippen LogP) is 2.97. The molecule has 0 aliphatic heterocycles. The first kappa shape index (κ1) is 25.1. The van der Waals surface area contributed by atoms with Crippen LogP contribution in [0.25, 0.3) is 17.2 Å². The number of likely N-dealkylation sites (N-methyl/N-ethyl adjacent to an activating group) is 2. The van der Waals surface area contributed by atoms with Crippen molar-refractivity contribution in [2.24, 2.45) is 0 Å². The van der Waals surface area contributed by atoms with Gasteiger partial charge in [-0.3, -0.25) is 9.20 Å². The van der Waals surface area contributed by atoms with E-state index in [9.17, 15) is 9.18 Å². The van der Waals surface area contributed by atoms with Crippen LogP contribution < -0.4 is 20.3 Å². The van der Waals surface area contributed by atoms with Crippen LogP contribution in [-0.2, 0) is 4.79 Å². The number of benzene rings is 1. The maximum Gasteiger partial charge on any atom is 0.247 e. The Morgan fingerprint density at radius 1 is 1.24 bits per heavy atom. The monoisotopic (exact) mass is 517 g/mol. The highest BCUT2D eigenvalue weighted by atomic mass is 19.1. The third-order valence-electron chi connectivity index (χ3n) is 6.35. The van der Waals surface area contributed by atoms with Crippen molar-refractivity contribution in [2.45, 2.75) is 6.04 Å². The zero-order valence-electron chi connectivity index (χ0n) is 21.6. The lowest BCUT2D eigenvalue weighted by Crippen LogP contribution is -2.29. The molecule has 12 heteroatoms. The van der Waals surface area contributed by atoms with E-state index in [4.69, 9.17) is 4.74 Å². The molecule has 1 amide bonds. The van der Waals surface area contributed by atoms with Gasteiger partial charge in [-0.2, -0.15) is 4.98 Å². The lowest BCUT2D eigenvalue weighted by molar-refractivity contribution is -0.111. The molecule has 0 fully saturated rings. The maximum atomic E-state index is 14.1. The molecule has 1 atom stereocenters. The van der Waals surface area contributed by atoms with Crippen molar-refractivity contribution in [1.82, 2.24) is 29.2 Å². The fraction of sp³-hybridized carbons (Fsp3) is 0.269. The summed E-state index contributed by atoms with van der Waals surface area (Å²) in [5.41, 5.74) is 3.99. The number of rotatable bonds is 10.